The third kappa shape index (κ3) is 7.30. The zero-order chi connectivity index (χ0) is 10.3. The van der Waals surface area contributed by atoms with Crippen LogP contribution in [0.25, 0.3) is 0 Å². The summed E-state index contributed by atoms with van der Waals surface area (Å²) in [4.78, 5) is 8.59. The van der Waals surface area contributed by atoms with Gasteiger partial charge in [-0.05, 0) is 12.8 Å². The predicted molar refractivity (Wildman–Crippen MR) is 56.2 cm³/mol. The second-order valence-corrected chi connectivity index (χ2v) is 3.71. The van der Waals surface area contributed by atoms with Gasteiger partial charge in [-0.15, -0.1) is 9.42 Å². The molecule has 0 aromatic carbocycles. The summed E-state index contributed by atoms with van der Waals surface area (Å²) in [6.45, 7) is 3.91. The molecule has 0 fully saturated rings. The molecule has 0 saturated carbocycles. The van der Waals surface area contributed by atoms with Crippen LogP contribution in [0.4, 0.5) is 0 Å². The Morgan fingerprint density at radius 3 is 2.29 bits per heavy atom. The van der Waals surface area contributed by atoms with Gasteiger partial charge in [0, 0.05) is 46.6 Å². The summed E-state index contributed by atoms with van der Waals surface area (Å²) in [5.41, 5.74) is 0. The first kappa shape index (κ1) is 17.4. The van der Waals surface area contributed by atoms with Crippen LogP contribution in [0.1, 0.15) is 33.1 Å². The molecule has 3 atom stereocenters. The number of rotatable bonds is 7. The molecule has 0 aliphatic rings. The van der Waals surface area contributed by atoms with Crippen molar-refractivity contribution in [3.05, 3.63) is 0 Å². The Morgan fingerprint density at radius 1 is 1.43 bits per heavy atom. The summed E-state index contributed by atoms with van der Waals surface area (Å²) >= 11 is 0. The first-order valence-corrected chi connectivity index (χ1v) is 5.72. The van der Waals surface area contributed by atoms with Gasteiger partial charge in [0.2, 0.25) is 0 Å². The van der Waals surface area contributed by atoms with E-state index in [0.29, 0.717) is 6.42 Å². The van der Waals surface area contributed by atoms with E-state index in [4.69, 9.17) is 14.5 Å². The van der Waals surface area contributed by atoms with Crippen molar-refractivity contribution in [2.24, 2.45) is 5.92 Å². The third-order valence-electron chi connectivity index (χ3n) is 2.08. The summed E-state index contributed by atoms with van der Waals surface area (Å²) in [7, 11) is -2.56. The summed E-state index contributed by atoms with van der Waals surface area (Å²) in [5, 5.41) is 8.98. The van der Waals surface area contributed by atoms with E-state index in [-0.39, 0.29) is 48.2 Å². The molecule has 14 heavy (non-hydrogen) atoms. The normalized spacial score (nSPS) is 15.6. The molecule has 2 N–H and O–H groups in total. The summed E-state index contributed by atoms with van der Waals surface area (Å²) < 4.78 is 15.3. The van der Waals surface area contributed by atoms with E-state index < -0.39 is 8.25 Å². The number of aliphatic hydroxyl groups excluding tert-OH is 1. The summed E-state index contributed by atoms with van der Waals surface area (Å²) in [6.07, 6.45) is 2.05. The van der Waals surface area contributed by atoms with E-state index in [9.17, 15) is 4.57 Å². The molecule has 79 valence electrons. The first-order chi connectivity index (χ1) is 6.15. The van der Waals surface area contributed by atoms with E-state index in [1.807, 2.05) is 13.8 Å². The van der Waals surface area contributed by atoms with Crippen LogP contribution < -0.4 is 0 Å². The molecule has 6 heteroatoms. The van der Waals surface area contributed by atoms with Gasteiger partial charge in [0.15, 0.2) is 0 Å². The Balaban J connectivity index is 0. The minimum absolute atomic E-state index is 0. The van der Waals surface area contributed by atoms with Gasteiger partial charge in [0.25, 0.3) is 0 Å². The molecule has 3 unspecified atom stereocenters. The van der Waals surface area contributed by atoms with Crippen LogP contribution in [0.3, 0.4) is 0 Å². The minimum atomic E-state index is -2.56. The molecule has 0 saturated heterocycles. The van der Waals surface area contributed by atoms with Crippen molar-refractivity contribution >= 4 is 37.8 Å². The molecule has 1 radical (unpaired) electrons. The Bertz CT molecular complexity index is 152. The second kappa shape index (κ2) is 10.5. The molecule has 0 aromatic heterocycles. The van der Waals surface area contributed by atoms with E-state index in [1.165, 1.54) is 0 Å². The van der Waals surface area contributed by atoms with E-state index in [0.717, 1.165) is 12.8 Å². The SMILES string of the molecule is CCCC(O[P+](=O)O)C(CC)CO.[Na]. The summed E-state index contributed by atoms with van der Waals surface area (Å²) in [6, 6.07) is 0. The van der Waals surface area contributed by atoms with Crippen LogP contribution in [0.5, 0.6) is 0 Å². The third-order valence-corrected chi connectivity index (χ3v) is 2.53. The quantitative estimate of drug-likeness (QED) is 0.515. The van der Waals surface area contributed by atoms with Gasteiger partial charge < -0.3 is 5.11 Å². The maximum atomic E-state index is 10.5. The molecule has 0 amide bonds. The fourth-order valence-corrected chi connectivity index (χ4v) is 1.79. The molecule has 0 heterocycles. The smallest absolute Gasteiger partial charge is 0.396 e. The van der Waals surface area contributed by atoms with Crippen molar-refractivity contribution in [1.29, 1.82) is 0 Å². The van der Waals surface area contributed by atoms with Crippen LogP contribution in [0.15, 0.2) is 0 Å². The van der Waals surface area contributed by atoms with Crippen LogP contribution >= 0.6 is 8.25 Å². The summed E-state index contributed by atoms with van der Waals surface area (Å²) in [5.74, 6) is -0.0361. The van der Waals surface area contributed by atoms with Gasteiger partial charge in [-0.3, -0.25) is 0 Å². The van der Waals surface area contributed by atoms with E-state index in [1.54, 1.807) is 0 Å². The molecule has 0 aliphatic carbocycles. The van der Waals surface area contributed by atoms with E-state index in [2.05, 4.69) is 0 Å². The fraction of sp³-hybridized carbons (Fsp3) is 1.00. The van der Waals surface area contributed by atoms with Gasteiger partial charge in [0.05, 0.1) is 0 Å². The first-order valence-electron chi connectivity index (χ1n) is 4.59. The number of hydrogen-bond donors (Lipinski definition) is 2. The molecule has 0 aromatic rings. The molecule has 4 nitrogen and oxygen atoms in total. The van der Waals surface area contributed by atoms with Gasteiger partial charge in [-0.2, -0.15) is 0 Å². The maximum Gasteiger partial charge on any atom is 0.695 e. The Morgan fingerprint density at radius 2 is 2.00 bits per heavy atom. The molecule has 0 bridgehead atoms. The Labute approximate surface area is 108 Å². The predicted octanol–water partition coefficient (Wildman–Crippen LogP) is 1.46. The van der Waals surface area contributed by atoms with E-state index >= 15 is 0 Å². The van der Waals surface area contributed by atoms with Crippen LogP contribution in [0, 0.1) is 5.92 Å². The largest absolute Gasteiger partial charge is 0.695 e. The van der Waals surface area contributed by atoms with Crippen molar-refractivity contribution in [2.75, 3.05) is 6.61 Å². The van der Waals surface area contributed by atoms with Gasteiger partial charge in [0.1, 0.15) is 6.10 Å². The second-order valence-electron chi connectivity index (χ2n) is 3.02. The van der Waals surface area contributed by atoms with Crippen molar-refractivity contribution in [2.45, 2.75) is 39.2 Å². The average molecular weight is 232 g/mol. The van der Waals surface area contributed by atoms with Gasteiger partial charge in [-0.25, -0.2) is 0 Å². The average Bonchev–Trinajstić information content (AvgIpc) is 2.05. The molecule has 0 aliphatic heterocycles. The zero-order valence-corrected chi connectivity index (χ0v) is 12.0. The molecule has 0 spiro atoms. The fourth-order valence-electron chi connectivity index (χ4n) is 1.28. The number of hydrogen-bond acceptors (Lipinski definition) is 3. The van der Waals surface area contributed by atoms with Gasteiger partial charge >= 0.3 is 8.25 Å². The van der Waals surface area contributed by atoms with Crippen LogP contribution in [-0.2, 0) is 9.09 Å². The minimum Gasteiger partial charge on any atom is -0.396 e. The topological polar surface area (TPSA) is 66.8 Å². The van der Waals surface area contributed by atoms with Crippen molar-refractivity contribution in [3.63, 3.8) is 0 Å². The molecular weight excluding hydrogens is 214 g/mol. The van der Waals surface area contributed by atoms with Crippen molar-refractivity contribution in [1.82, 2.24) is 0 Å². The Hall–Kier alpha value is 0.980. The van der Waals surface area contributed by atoms with Crippen molar-refractivity contribution < 1.29 is 19.1 Å². The van der Waals surface area contributed by atoms with Crippen LogP contribution in [-0.4, -0.2) is 52.3 Å². The van der Waals surface area contributed by atoms with Gasteiger partial charge in [-0.1, -0.05) is 20.3 Å². The number of aliphatic hydroxyl groups is 1. The molecule has 0 rings (SSSR count). The van der Waals surface area contributed by atoms with Crippen LogP contribution in [0.2, 0.25) is 0 Å². The van der Waals surface area contributed by atoms with Crippen molar-refractivity contribution in [3.8, 4) is 0 Å². The zero-order valence-electron chi connectivity index (χ0n) is 9.14. The maximum absolute atomic E-state index is 10.5. The standard InChI is InChI=1S/C8H17O4P.Na/c1-3-5-8(12-13(10)11)7(4-2)6-9;/h7-9H,3-6H2,1-2H3;/p+1. The molecular formula is C8H18NaO4P+. The monoisotopic (exact) mass is 232 g/mol. The Kier molecular flexibility index (Phi) is 13.0.